The highest BCUT2D eigenvalue weighted by Gasteiger charge is 2.35. The lowest BCUT2D eigenvalue weighted by Gasteiger charge is -2.12. The van der Waals surface area contributed by atoms with Crippen LogP contribution in [0, 0.1) is 10.1 Å². The van der Waals surface area contributed by atoms with Gasteiger partial charge in [0.1, 0.15) is 11.5 Å². The summed E-state index contributed by atoms with van der Waals surface area (Å²) in [7, 11) is 0. The van der Waals surface area contributed by atoms with Gasteiger partial charge in [-0.2, -0.15) is 0 Å². The van der Waals surface area contributed by atoms with Crippen LogP contribution >= 0.6 is 11.8 Å². The van der Waals surface area contributed by atoms with Gasteiger partial charge >= 0.3 is 0 Å². The van der Waals surface area contributed by atoms with Crippen molar-refractivity contribution in [1.29, 1.82) is 0 Å². The molecular formula is C23H16N2O6S. The summed E-state index contributed by atoms with van der Waals surface area (Å²) in [5.41, 5.74) is 1.92. The van der Waals surface area contributed by atoms with Crippen molar-refractivity contribution in [2.75, 3.05) is 0 Å². The molecule has 8 nitrogen and oxygen atoms in total. The molecule has 0 spiro atoms. The molecule has 2 heterocycles. The monoisotopic (exact) mass is 448 g/mol. The van der Waals surface area contributed by atoms with Crippen LogP contribution < -0.4 is 0 Å². The fourth-order valence-electron chi connectivity index (χ4n) is 3.13. The number of carbonyl (C=O) groups is 3. The molecule has 3 aromatic rings. The van der Waals surface area contributed by atoms with E-state index in [1.54, 1.807) is 36.4 Å². The summed E-state index contributed by atoms with van der Waals surface area (Å²) < 4.78 is 5.78. The first kappa shape index (κ1) is 21.3. The van der Waals surface area contributed by atoms with E-state index in [0.717, 1.165) is 22.2 Å². The summed E-state index contributed by atoms with van der Waals surface area (Å²) in [6.45, 7) is 1.51. The molecule has 160 valence electrons. The molecule has 0 aliphatic carbocycles. The molecule has 0 N–H and O–H groups in total. The van der Waals surface area contributed by atoms with Gasteiger partial charge < -0.3 is 4.42 Å². The minimum Gasteiger partial charge on any atom is -0.457 e. The quantitative estimate of drug-likeness (QED) is 0.218. The molecule has 9 heteroatoms. The third-order valence-electron chi connectivity index (χ3n) is 4.84. The van der Waals surface area contributed by atoms with Crippen LogP contribution in [0.15, 0.2) is 70.0 Å². The van der Waals surface area contributed by atoms with Gasteiger partial charge in [-0.3, -0.25) is 29.4 Å². The summed E-state index contributed by atoms with van der Waals surface area (Å²) in [6, 6.07) is 16.1. The van der Waals surface area contributed by atoms with Crippen molar-refractivity contribution in [3.63, 3.8) is 0 Å². The number of furan rings is 1. The average Bonchev–Trinajstić information content (AvgIpc) is 3.34. The predicted octanol–water partition coefficient (Wildman–Crippen LogP) is 5.29. The maximum atomic E-state index is 12.7. The molecule has 0 saturated carbocycles. The highest BCUT2D eigenvalue weighted by atomic mass is 32.2. The van der Waals surface area contributed by atoms with Crippen molar-refractivity contribution in [1.82, 2.24) is 4.90 Å². The number of benzene rings is 2. The number of hydrogen-bond acceptors (Lipinski definition) is 7. The van der Waals surface area contributed by atoms with Crippen molar-refractivity contribution >= 4 is 40.5 Å². The normalized spacial score (nSPS) is 14.9. The van der Waals surface area contributed by atoms with E-state index in [1.165, 1.54) is 37.3 Å². The van der Waals surface area contributed by atoms with Crippen LogP contribution in [-0.2, 0) is 11.3 Å². The molecular weight excluding hydrogens is 432 g/mol. The smallest absolute Gasteiger partial charge is 0.293 e. The zero-order valence-electron chi connectivity index (χ0n) is 16.8. The maximum absolute atomic E-state index is 12.7. The largest absolute Gasteiger partial charge is 0.457 e. The number of nitrogens with zero attached hydrogens (tertiary/aromatic N) is 2. The molecule has 1 aliphatic heterocycles. The first-order chi connectivity index (χ1) is 15.3. The molecule has 1 aliphatic rings. The lowest BCUT2D eigenvalue weighted by atomic mass is 10.1. The molecule has 2 amide bonds. The van der Waals surface area contributed by atoms with Crippen molar-refractivity contribution in [3.8, 4) is 11.3 Å². The van der Waals surface area contributed by atoms with Gasteiger partial charge in [0, 0.05) is 29.3 Å². The Kier molecular flexibility index (Phi) is 5.74. The average molecular weight is 448 g/mol. The Morgan fingerprint density at radius 3 is 2.38 bits per heavy atom. The third kappa shape index (κ3) is 4.37. The van der Waals surface area contributed by atoms with E-state index in [1.807, 2.05) is 0 Å². The van der Waals surface area contributed by atoms with E-state index < -0.39 is 16.1 Å². The zero-order valence-corrected chi connectivity index (χ0v) is 17.6. The van der Waals surface area contributed by atoms with Crippen molar-refractivity contribution < 1.29 is 23.7 Å². The van der Waals surface area contributed by atoms with Gasteiger partial charge in [0.25, 0.3) is 16.8 Å². The molecule has 2 aromatic carbocycles. The minimum absolute atomic E-state index is 0.0197. The van der Waals surface area contributed by atoms with Crippen LogP contribution in [0.5, 0.6) is 0 Å². The second-order valence-corrected chi connectivity index (χ2v) is 8.02. The van der Waals surface area contributed by atoms with Gasteiger partial charge in [0.2, 0.25) is 0 Å². The van der Waals surface area contributed by atoms with Crippen molar-refractivity contribution in [3.05, 3.63) is 92.6 Å². The summed E-state index contributed by atoms with van der Waals surface area (Å²) >= 11 is 0.807. The van der Waals surface area contributed by atoms with E-state index in [-0.39, 0.29) is 22.9 Å². The molecule has 32 heavy (non-hydrogen) atoms. The standard InChI is InChI=1S/C23H16N2O6S/c1-14(26)16-4-6-17(7-5-16)20-11-10-19(31-20)12-21-22(27)24(23(28)32-21)13-15-2-8-18(9-3-15)25(29)30/h2-12H,13H2,1H3/b21-12-. The second kappa shape index (κ2) is 8.64. The van der Waals surface area contributed by atoms with Crippen molar-refractivity contribution in [2.24, 2.45) is 0 Å². The molecule has 1 saturated heterocycles. The first-order valence-electron chi connectivity index (χ1n) is 9.52. The SMILES string of the molecule is CC(=O)c1ccc(-c2ccc(/C=C3\SC(=O)N(Cc4ccc([N+](=O)[O-])cc4)C3=O)o2)cc1. The first-order valence-corrected chi connectivity index (χ1v) is 10.3. The van der Waals surface area contributed by atoms with Crippen LogP contribution in [0.1, 0.15) is 28.6 Å². The maximum Gasteiger partial charge on any atom is 0.293 e. The summed E-state index contributed by atoms with van der Waals surface area (Å²) in [6.07, 6.45) is 1.51. The summed E-state index contributed by atoms with van der Waals surface area (Å²) in [5.74, 6) is 0.496. The number of imide groups is 1. The Labute approximate surface area is 186 Å². The Morgan fingerprint density at radius 1 is 1.06 bits per heavy atom. The molecule has 0 atom stereocenters. The van der Waals surface area contributed by atoms with E-state index >= 15 is 0 Å². The third-order valence-corrected chi connectivity index (χ3v) is 5.74. The number of nitro benzene ring substituents is 1. The second-order valence-electron chi connectivity index (χ2n) is 7.03. The van der Waals surface area contributed by atoms with Crippen LogP contribution in [0.3, 0.4) is 0 Å². The number of ketones is 1. The molecule has 0 unspecified atom stereocenters. The van der Waals surface area contributed by atoms with E-state index in [4.69, 9.17) is 4.42 Å². The zero-order chi connectivity index (χ0) is 22.8. The van der Waals surface area contributed by atoms with E-state index in [9.17, 15) is 24.5 Å². The van der Waals surface area contributed by atoms with Gasteiger partial charge in [-0.05, 0) is 36.4 Å². The number of rotatable bonds is 6. The fourth-order valence-corrected chi connectivity index (χ4v) is 3.94. The Bertz CT molecular complexity index is 1260. The number of hydrogen-bond donors (Lipinski definition) is 0. The minimum atomic E-state index is -0.512. The van der Waals surface area contributed by atoms with E-state index in [2.05, 4.69) is 0 Å². The fraction of sp³-hybridized carbons (Fsp3) is 0.0870. The Hall–Kier alpha value is -3.98. The van der Waals surface area contributed by atoms with Gasteiger partial charge in [-0.1, -0.05) is 36.4 Å². The van der Waals surface area contributed by atoms with Gasteiger partial charge in [0.15, 0.2) is 5.78 Å². The van der Waals surface area contributed by atoms with E-state index in [0.29, 0.717) is 22.6 Å². The topological polar surface area (TPSA) is 111 Å². The lowest BCUT2D eigenvalue weighted by Crippen LogP contribution is -2.27. The Morgan fingerprint density at radius 2 is 1.75 bits per heavy atom. The molecule has 1 fully saturated rings. The van der Waals surface area contributed by atoms with Crippen LogP contribution in [0.4, 0.5) is 10.5 Å². The molecule has 1 aromatic heterocycles. The van der Waals surface area contributed by atoms with Gasteiger partial charge in [-0.25, -0.2) is 0 Å². The highest BCUT2D eigenvalue weighted by Crippen LogP contribution is 2.34. The lowest BCUT2D eigenvalue weighted by molar-refractivity contribution is -0.384. The number of carbonyl (C=O) groups excluding carboxylic acids is 3. The number of amides is 2. The summed E-state index contributed by atoms with van der Waals surface area (Å²) in [5, 5.41) is 10.3. The van der Waals surface area contributed by atoms with Crippen LogP contribution in [0.25, 0.3) is 17.4 Å². The number of non-ortho nitro benzene ring substituents is 1. The predicted molar refractivity (Wildman–Crippen MR) is 119 cm³/mol. The number of Topliss-reactive ketones (excluding diaryl/α,β-unsaturated/α-hetero) is 1. The highest BCUT2D eigenvalue weighted by molar-refractivity contribution is 8.18. The van der Waals surface area contributed by atoms with Gasteiger partial charge in [-0.15, -0.1) is 0 Å². The molecule has 0 bridgehead atoms. The number of nitro groups is 1. The summed E-state index contributed by atoms with van der Waals surface area (Å²) in [4.78, 5) is 48.0. The van der Waals surface area contributed by atoms with Gasteiger partial charge in [0.05, 0.1) is 16.4 Å². The van der Waals surface area contributed by atoms with Crippen LogP contribution in [-0.4, -0.2) is 26.8 Å². The number of thioether (sulfide) groups is 1. The molecule has 0 radical (unpaired) electrons. The van der Waals surface area contributed by atoms with Crippen LogP contribution in [0.2, 0.25) is 0 Å². The Balaban J connectivity index is 1.49. The molecule has 4 rings (SSSR count). The van der Waals surface area contributed by atoms with Crippen molar-refractivity contribution in [2.45, 2.75) is 13.5 Å².